The van der Waals surface area contributed by atoms with Gasteiger partial charge in [0.25, 0.3) is 0 Å². The molecule has 0 bridgehead atoms. The Kier molecular flexibility index (Phi) is 8.37. The smallest absolute Gasteiger partial charge is 0.108 e. The molecule has 0 saturated carbocycles. The first kappa shape index (κ1) is 15.1. The number of hydrogen-bond donors (Lipinski definition) is 1. The highest BCUT2D eigenvalue weighted by atomic mass is 16.5. The second-order valence-electron chi connectivity index (χ2n) is 4.16. The third-order valence-corrected chi connectivity index (χ3v) is 2.56. The second kappa shape index (κ2) is 9.99. The highest BCUT2D eigenvalue weighted by Gasteiger charge is 2.00. The van der Waals surface area contributed by atoms with Crippen molar-refractivity contribution < 1.29 is 14.6 Å². The Morgan fingerprint density at radius 1 is 1.22 bits per heavy atom. The molecule has 1 N–H and O–H groups in total. The summed E-state index contributed by atoms with van der Waals surface area (Å²) in [6.07, 6.45) is 6.04. The lowest BCUT2D eigenvalue weighted by molar-refractivity contribution is 0.0601. The van der Waals surface area contributed by atoms with Crippen molar-refractivity contribution in [2.24, 2.45) is 0 Å². The molecule has 0 aromatic carbocycles. The minimum Gasteiger partial charge on any atom is -0.396 e. The molecule has 0 aliphatic carbocycles. The second-order valence-corrected chi connectivity index (χ2v) is 4.16. The zero-order valence-corrected chi connectivity index (χ0v) is 11.0. The number of hydrogen-bond acceptors (Lipinski definition) is 5. The van der Waals surface area contributed by atoms with Crippen LogP contribution in [0.15, 0.2) is 6.20 Å². The van der Waals surface area contributed by atoms with E-state index in [-0.39, 0.29) is 6.61 Å². The highest BCUT2D eigenvalue weighted by molar-refractivity contribution is 4.89. The van der Waals surface area contributed by atoms with Crippen LogP contribution in [-0.4, -0.2) is 47.0 Å². The van der Waals surface area contributed by atoms with Crippen molar-refractivity contribution in [3.63, 3.8) is 0 Å². The highest BCUT2D eigenvalue weighted by Crippen LogP contribution is 2.02. The van der Waals surface area contributed by atoms with Crippen molar-refractivity contribution in [1.82, 2.24) is 15.0 Å². The van der Waals surface area contributed by atoms with E-state index in [9.17, 15) is 0 Å². The fraction of sp³-hybridized carbons (Fsp3) is 0.833. The topological polar surface area (TPSA) is 69.4 Å². The number of methoxy groups -OCH3 is 1. The summed E-state index contributed by atoms with van der Waals surface area (Å²) in [6, 6.07) is 0. The minimum absolute atomic E-state index is 0.284. The minimum atomic E-state index is 0.284. The SMILES string of the molecule is COCCOCc1cn(CCCCCCO)nn1. The first-order valence-electron chi connectivity index (χ1n) is 6.43. The summed E-state index contributed by atoms with van der Waals surface area (Å²) in [7, 11) is 1.65. The summed E-state index contributed by atoms with van der Waals surface area (Å²) in [5.41, 5.74) is 0.849. The van der Waals surface area contributed by atoms with Crippen LogP contribution < -0.4 is 0 Å². The van der Waals surface area contributed by atoms with Gasteiger partial charge in [-0.05, 0) is 12.8 Å². The summed E-state index contributed by atoms with van der Waals surface area (Å²) in [5, 5.41) is 16.7. The Morgan fingerprint density at radius 3 is 2.83 bits per heavy atom. The fourth-order valence-electron chi connectivity index (χ4n) is 1.57. The van der Waals surface area contributed by atoms with E-state index < -0.39 is 0 Å². The molecule has 1 aromatic heterocycles. The van der Waals surface area contributed by atoms with Crippen LogP contribution in [0.4, 0.5) is 0 Å². The molecule has 0 spiro atoms. The maximum Gasteiger partial charge on any atom is 0.108 e. The van der Waals surface area contributed by atoms with E-state index in [0.717, 1.165) is 37.9 Å². The van der Waals surface area contributed by atoms with Gasteiger partial charge < -0.3 is 14.6 Å². The molecule has 104 valence electrons. The largest absolute Gasteiger partial charge is 0.396 e. The van der Waals surface area contributed by atoms with Crippen LogP contribution in [0.1, 0.15) is 31.4 Å². The van der Waals surface area contributed by atoms with Crippen LogP contribution in [-0.2, 0) is 22.6 Å². The molecular weight excluding hydrogens is 234 g/mol. The fourth-order valence-corrected chi connectivity index (χ4v) is 1.57. The molecule has 0 unspecified atom stereocenters. The van der Waals surface area contributed by atoms with Gasteiger partial charge in [-0.3, -0.25) is 4.68 Å². The van der Waals surface area contributed by atoms with Gasteiger partial charge in [-0.1, -0.05) is 18.1 Å². The molecule has 18 heavy (non-hydrogen) atoms. The maximum absolute atomic E-state index is 8.66. The summed E-state index contributed by atoms with van der Waals surface area (Å²) in [4.78, 5) is 0. The Hall–Kier alpha value is -0.980. The third kappa shape index (κ3) is 6.68. The predicted molar refractivity (Wildman–Crippen MR) is 67.1 cm³/mol. The third-order valence-electron chi connectivity index (χ3n) is 2.56. The summed E-state index contributed by atoms with van der Waals surface area (Å²) < 4.78 is 12.1. The maximum atomic E-state index is 8.66. The number of nitrogens with zero attached hydrogens (tertiary/aromatic N) is 3. The van der Waals surface area contributed by atoms with Crippen LogP contribution in [0.25, 0.3) is 0 Å². The number of unbranched alkanes of at least 4 members (excludes halogenated alkanes) is 3. The van der Waals surface area contributed by atoms with Crippen LogP contribution in [0, 0.1) is 0 Å². The molecule has 0 radical (unpaired) electrons. The summed E-state index contributed by atoms with van der Waals surface area (Å²) in [6.45, 7) is 2.81. The van der Waals surface area contributed by atoms with Gasteiger partial charge in [-0.15, -0.1) is 5.10 Å². The number of aryl methyl sites for hydroxylation is 1. The molecule has 0 atom stereocenters. The Labute approximate surface area is 108 Å². The average Bonchev–Trinajstić information content (AvgIpc) is 2.82. The van der Waals surface area contributed by atoms with E-state index in [1.54, 1.807) is 7.11 Å². The molecule has 1 aromatic rings. The lowest BCUT2D eigenvalue weighted by Crippen LogP contribution is -2.02. The van der Waals surface area contributed by atoms with E-state index in [4.69, 9.17) is 14.6 Å². The zero-order valence-electron chi connectivity index (χ0n) is 11.0. The summed E-state index contributed by atoms with van der Waals surface area (Å²) in [5.74, 6) is 0. The number of aromatic nitrogens is 3. The van der Waals surface area contributed by atoms with E-state index in [1.807, 2.05) is 10.9 Å². The molecular formula is C12H23N3O3. The molecule has 0 fully saturated rings. The molecule has 0 amide bonds. The molecule has 0 aliphatic rings. The molecule has 0 saturated heterocycles. The predicted octanol–water partition coefficient (Wildman–Crippen LogP) is 0.994. The first-order valence-corrected chi connectivity index (χ1v) is 6.43. The zero-order chi connectivity index (χ0) is 13.1. The molecule has 6 nitrogen and oxygen atoms in total. The van der Waals surface area contributed by atoms with Crippen LogP contribution in [0.2, 0.25) is 0 Å². The number of aliphatic hydroxyl groups excluding tert-OH is 1. The normalized spacial score (nSPS) is 11.0. The lowest BCUT2D eigenvalue weighted by Gasteiger charge is -2.00. The monoisotopic (exact) mass is 257 g/mol. The van der Waals surface area contributed by atoms with Gasteiger partial charge in [0.05, 0.1) is 26.0 Å². The van der Waals surface area contributed by atoms with Gasteiger partial charge in [-0.25, -0.2) is 0 Å². The number of aliphatic hydroxyl groups is 1. The van der Waals surface area contributed by atoms with Crippen molar-refractivity contribution in [2.75, 3.05) is 26.9 Å². The van der Waals surface area contributed by atoms with E-state index in [2.05, 4.69) is 10.3 Å². The average molecular weight is 257 g/mol. The van der Waals surface area contributed by atoms with Gasteiger partial charge in [0.1, 0.15) is 5.69 Å². The Morgan fingerprint density at radius 2 is 2.06 bits per heavy atom. The van der Waals surface area contributed by atoms with E-state index in [0.29, 0.717) is 19.8 Å². The van der Waals surface area contributed by atoms with Gasteiger partial charge in [0, 0.05) is 20.3 Å². The van der Waals surface area contributed by atoms with Crippen molar-refractivity contribution in [2.45, 2.75) is 38.8 Å². The lowest BCUT2D eigenvalue weighted by atomic mass is 10.2. The van der Waals surface area contributed by atoms with Crippen LogP contribution >= 0.6 is 0 Å². The Balaban J connectivity index is 2.10. The standard InChI is InChI=1S/C12H23N3O3/c1-17-8-9-18-11-12-10-15(14-13-12)6-4-2-3-5-7-16/h10,16H,2-9,11H2,1H3. The van der Waals surface area contributed by atoms with Gasteiger partial charge >= 0.3 is 0 Å². The van der Waals surface area contributed by atoms with E-state index >= 15 is 0 Å². The van der Waals surface area contributed by atoms with Crippen LogP contribution in [0.3, 0.4) is 0 Å². The van der Waals surface area contributed by atoms with Gasteiger partial charge in [-0.2, -0.15) is 0 Å². The first-order chi connectivity index (χ1) is 8.86. The summed E-state index contributed by atoms with van der Waals surface area (Å²) >= 11 is 0. The van der Waals surface area contributed by atoms with Gasteiger partial charge in [0.15, 0.2) is 0 Å². The van der Waals surface area contributed by atoms with Crippen molar-refractivity contribution in [3.8, 4) is 0 Å². The van der Waals surface area contributed by atoms with Crippen molar-refractivity contribution in [3.05, 3.63) is 11.9 Å². The van der Waals surface area contributed by atoms with Crippen LogP contribution in [0.5, 0.6) is 0 Å². The number of rotatable bonds is 11. The quantitative estimate of drug-likeness (QED) is 0.599. The molecule has 1 rings (SSSR count). The van der Waals surface area contributed by atoms with Crippen molar-refractivity contribution >= 4 is 0 Å². The molecule has 6 heteroatoms. The molecule has 1 heterocycles. The van der Waals surface area contributed by atoms with Crippen molar-refractivity contribution in [1.29, 1.82) is 0 Å². The number of ether oxygens (including phenoxy) is 2. The molecule has 0 aliphatic heterocycles. The Bertz CT molecular complexity index is 305. The van der Waals surface area contributed by atoms with Gasteiger partial charge in [0.2, 0.25) is 0 Å². The van der Waals surface area contributed by atoms with E-state index in [1.165, 1.54) is 0 Å².